The highest BCUT2D eigenvalue weighted by molar-refractivity contribution is 7.99. The number of amides is 1. The van der Waals surface area contributed by atoms with Gasteiger partial charge < -0.3 is 20.1 Å². The molecule has 0 aromatic rings. The van der Waals surface area contributed by atoms with Crippen LogP contribution in [0.4, 0.5) is 0 Å². The first kappa shape index (κ1) is 15.1. The molecule has 2 aliphatic rings. The van der Waals surface area contributed by atoms with Crippen molar-refractivity contribution >= 4 is 17.7 Å². The number of likely N-dealkylation sites (N-methyl/N-ethyl adjacent to an activating group) is 1. The van der Waals surface area contributed by atoms with Crippen LogP contribution in [0, 0.1) is 0 Å². The zero-order chi connectivity index (χ0) is 13.7. The van der Waals surface area contributed by atoms with Gasteiger partial charge in [0.05, 0.1) is 5.60 Å². The summed E-state index contributed by atoms with van der Waals surface area (Å²) in [6, 6.07) is 0.276. The molecule has 2 saturated heterocycles. The van der Waals surface area contributed by atoms with Gasteiger partial charge in [0.15, 0.2) is 0 Å². The van der Waals surface area contributed by atoms with Crippen molar-refractivity contribution in [3.63, 3.8) is 0 Å². The standard InChI is InChI=1S/C13H24N2O3S/c1-15(10-13(17)2-5-18-6-3-13)12(16)8-11-9-19-7-4-14-11/h11,14,17H,2-10H2,1H3. The Kier molecular flexibility index (Phi) is 5.50. The Labute approximate surface area is 119 Å². The first-order chi connectivity index (χ1) is 9.09. The molecule has 1 atom stereocenters. The van der Waals surface area contributed by atoms with Crippen LogP contribution < -0.4 is 5.32 Å². The van der Waals surface area contributed by atoms with Crippen LogP contribution in [0.15, 0.2) is 0 Å². The van der Waals surface area contributed by atoms with Crippen LogP contribution in [0.2, 0.25) is 0 Å². The van der Waals surface area contributed by atoms with E-state index < -0.39 is 5.60 Å². The predicted molar refractivity (Wildman–Crippen MR) is 76.4 cm³/mol. The van der Waals surface area contributed by atoms with Crippen molar-refractivity contribution in [1.29, 1.82) is 0 Å². The Balaban J connectivity index is 1.77. The van der Waals surface area contributed by atoms with Gasteiger partial charge in [-0.2, -0.15) is 11.8 Å². The van der Waals surface area contributed by atoms with Gasteiger partial charge in [-0.25, -0.2) is 0 Å². The quantitative estimate of drug-likeness (QED) is 0.767. The van der Waals surface area contributed by atoms with Crippen molar-refractivity contribution < 1.29 is 14.6 Å². The van der Waals surface area contributed by atoms with Crippen LogP contribution in [-0.2, 0) is 9.53 Å². The summed E-state index contributed by atoms with van der Waals surface area (Å²) >= 11 is 1.89. The fraction of sp³-hybridized carbons (Fsp3) is 0.923. The maximum atomic E-state index is 12.2. The van der Waals surface area contributed by atoms with Gasteiger partial charge in [0.2, 0.25) is 5.91 Å². The smallest absolute Gasteiger partial charge is 0.224 e. The van der Waals surface area contributed by atoms with Gasteiger partial charge >= 0.3 is 0 Å². The van der Waals surface area contributed by atoms with Gasteiger partial charge in [-0.1, -0.05) is 0 Å². The van der Waals surface area contributed by atoms with Gasteiger partial charge in [-0.15, -0.1) is 0 Å². The molecular formula is C13H24N2O3S. The molecular weight excluding hydrogens is 264 g/mol. The molecule has 0 spiro atoms. The summed E-state index contributed by atoms with van der Waals surface area (Å²) in [5.74, 6) is 2.23. The van der Waals surface area contributed by atoms with E-state index in [0.717, 1.165) is 18.1 Å². The molecule has 0 saturated carbocycles. The minimum atomic E-state index is -0.766. The third-order valence-corrected chi connectivity index (χ3v) is 4.93. The summed E-state index contributed by atoms with van der Waals surface area (Å²) < 4.78 is 5.25. The minimum absolute atomic E-state index is 0.111. The first-order valence-electron chi connectivity index (χ1n) is 6.94. The number of aliphatic hydroxyl groups is 1. The van der Waals surface area contributed by atoms with Crippen molar-refractivity contribution in [2.24, 2.45) is 0 Å². The predicted octanol–water partition coefficient (Wildman–Crippen LogP) is 0.0814. The maximum Gasteiger partial charge on any atom is 0.224 e. The molecule has 19 heavy (non-hydrogen) atoms. The Morgan fingerprint density at radius 2 is 2.26 bits per heavy atom. The van der Waals surface area contributed by atoms with E-state index in [4.69, 9.17) is 4.74 Å². The molecule has 1 unspecified atom stereocenters. The number of hydrogen-bond acceptors (Lipinski definition) is 5. The Bertz CT molecular complexity index is 302. The lowest BCUT2D eigenvalue weighted by Crippen LogP contribution is -2.49. The molecule has 2 heterocycles. The van der Waals surface area contributed by atoms with Crippen molar-refractivity contribution in [2.75, 3.05) is 44.9 Å². The van der Waals surface area contributed by atoms with Crippen LogP contribution in [-0.4, -0.2) is 72.4 Å². The van der Waals surface area contributed by atoms with Crippen molar-refractivity contribution in [3.05, 3.63) is 0 Å². The first-order valence-corrected chi connectivity index (χ1v) is 8.10. The zero-order valence-corrected chi connectivity index (χ0v) is 12.4. The second-order valence-electron chi connectivity index (χ2n) is 5.52. The van der Waals surface area contributed by atoms with Crippen molar-refractivity contribution in [3.8, 4) is 0 Å². The van der Waals surface area contributed by atoms with E-state index in [-0.39, 0.29) is 11.9 Å². The Morgan fingerprint density at radius 3 is 2.89 bits per heavy atom. The normalized spacial score (nSPS) is 26.9. The molecule has 0 bridgehead atoms. The molecule has 5 nitrogen and oxygen atoms in total. The summed E-state index contributed by atoms with van der Waals surface area (Å²) in [5, 5.41) is 13.8. The zero-order valence-electron chi connectivity index (χ0n) is 11.6. The highest BCUT2D eigenvalue weighted by Gasteiger charge is 2.32. The fourth-order valence-electron chi connectivity index (χ4n) is 2.56. The molecule has 0 radical (unpaired) electrons. The van der Waals surface area contributed by atoms with Crippen molar-refractivity contribution in [2.45, 2.75) is 30.9 Å². The topological polar surface area (TPSA) is 61.8 Å². The maximum absolute atomic E-state index is 12.2. The number of nitrogens with one attached hydrogen (secondary N) is 1. The summed E-state index contributed by atoms with van der Waals surface area (Å²) in [7, 11) is 1.78. The van der Waals surface area contributed by atoms with Gasteiger partial charge in [0.25, 0.3) is 0 Å². The van der Waals surface area contributed by atoms with Crippen LogP contribution in [0.1, 0.15) is 19.3 Å². The Hall–Kier alpha value is -0.300. The van der Waals surface area contributed by atoms with E-state index in [1.807, 2.05) is 11.8 Å². The third-order valence-electron chi connectivity index (χ3n) is 3.80. The van der Waals surface area contributed by atoms with Gasteiger partial charge in [0, 0.05) is 70.2 Å². The van der Waals surface area contributed by atoms with E-state index in [1.165, 1.54) is 0 Å². The molecule has 0 aromatic carbocycles. The van der Waals surface area contributed by atoms with Crippen LogP contribution in [0.3, 0.4) is 0 Å². The van der Waals surface area contributed by atoms with E-state index in [9.17, 15) is 9.90 Å². The lowest BCUT2D eigenvalue weighted by molar-refractivity contribution is -0.137. The number of carbonyl (C=O) groups excluding carboxylic acids is 1. The fourth-order valence-corrected chi connectivity index (χ4v) is 3.51. The number of ether oxygens (including phenoxy) is 1. The van der Waals surface area contributed by atoms with Gasteiger partial charge in [0.1, 0.15) is 0 Å². The SMILES string of the molecule is CN(CC1(O)CCOCC1)C(=O)CC1CSCCN1. The summed E-state index contributed by atoms with van der Waals surface area (Å²) in [4.78, 5) is 13.8. The molecule has 2 aliphatic heterocycles. The molecule has 2 rings (SSSR count). The molecule has 110 valence electrons. The van der Waals surface area contributed by atoms with Crippen LogP contribution >= 0.6 is 11.8 Å². The summed E-state index contributed by atoms with van der Waals surface area (Å²) in [6.07, 6.45) is 1.75. The number of carbonyl (C=O) groups is 1. The number of nitrogens with zero attached hydrogens (tertiary/aromatic N) is 1. The van der Waals surface area contributed by atoms with Gasteiger partial charge in [-0.3, -0.25) is 4.79 Å². The average molecular weight is 288 g/mol. The van der Waals surface area contributed by atoms with E-state index in [0.29, 0.717) is 39.0 Å². The molecule has 0 aromatic heterocycles. The second kappa shape index (κ2) is 6.92. The highest BCUT2D eigenvalue weighted by Crippen LogP contribution is 2.21. The van der Waals surface area contributed by atoms with Gasteiger partial charge in [-0.05, 0) is 0 Å². The number of hydrogen-bond donors (Lipinski definition) is 2. The molecule has 1 amide bonds. The van der Waals surface area contributed by atoms with E-state index >= 15 is 0 Å². The molecule has 2 fully saturated rings. The lowest BCUT2D eigenvalue weighted by Gasteiger charge is -2.36. The average Bonchev–Trinajstić information content (AvgIpc) is 2.40. The van der Waals surface area contributed by atoms with E-state index in [1.54, 1.807) is 11.9 Å². The van der Waals surface area contributed by atoms with E-state index in [2.05, 4.69) is 5.32 Å². The highest BCUT2D eigenvalue weighted by atomic mass is 32.2. The molecule has 6 heteroatoms. The number of thioether (sulfide) groups is 1. The number of rotatable bonds is 4. The minimum Gasteiger partial charge on any atom is -0.388 e. The lowest BCUT2D eigenvalue weighted by atomic mass is 9.94. The third kappa shape index (κ3) is 4.63. The summed E-state index contributed by atoms with van der Waals surface area (Å²) in [6.45, 7) is 2.56. The second-order valence-corrected chi connectivity index (χ2v) is 6.67. The largest absolute Gasteiger partial charge is 0.388 e. The molecule has 0 aliphatic carbocycles. The Morgan fingerprint density at radius 1 is 1.53 bits per heavy atom. The molecule has 2 N–H and O–H groups in total. The van der Waals surface area contributed by atoms with Crippen LogP contribution in [0.5, 0.6) is 0 Å². The monoisotopic (exact) mass is 288 g/mol. The van der Waals surface area contributed by atoms with Crippen molar-refractivity contribution in [1.82, 2.24) is 10.2 Å². The summed E-state index contributed by atoms with van der Waals surface area (Å²) in [5.41, 5.74) is -0.766. The van der Waals surface area contributed by atoms with Crippen LogP contribution in [0.25, 0.3) is 0 Å².